The zero-order valence-electron chi connectivity index (χ0n) is 18.0. The third kappa shape index (κ3) is 6.47. The summed E-state index contributed by atoms with van der Waals surface area (Å²) in [5, 5.41) is 0.648. The van der Waals surface area contributed by atoms with Crippen molar-refractivity contribution >= 4 is 16.9 Å². The van der Waals surface area contributed by atoms with E-state index in [-0.39, 0.29) is 17.9 Å². The van der Waals surface area contributed by atoms with Gasteiger partial charge in [0.15, 0.2) is 0 Å². The van der Waals surface area contributed by atoms with Gasteiger partial charge < -0.3 is 13.9 Å². The molecule has 3 rings (SSSR count). The van der Waals surface area contributed by atoms with Crippen LogP contribution in [0.15, 0.2) is 70.4 Å². The summed E-state index contributed by atoms with van der Waals surface area (Å²) in [6.45, 7) is 4.40. The lowest BCUT2D eigenvalue weighted by Crippen LogP contribution is -2.25. The van der Waals surface area contributed by atoms with Crippen LogP contribution in [0.2, 0.25) is 0 Å². The minimum absolute atomic E-state index is 0.231. The summed E-state index contributed by atoms with van der Waals surface area (Å²) in [6.07, 6.45) is -4.00. The first-order valence-corrected chi connectivity index (χ1v) is 10.3. The second-order valence-electron chi connectivity index (χ2n) is 7.49. The van der Waals surface area contributed by atoms with Crippen molar-refractivity contribution in [2.45, 2.75) is 25.9 Å². The number of hydrogen-bond donors (Lipinski definition) is 0. The molecule has 0 aliphatic carbocycles. The number of rotatable bonds is 9. The Morgan fingerprint density at radius 2 is 1.88 bits per heavy atom. The number of hydrogen-bond acceptors (Lipinski definition) is 5. The first kappa shape index (κ1) is 24.1. The summed E-state index contributed by atoms with van der Waals surface area (Å²) in [7, 11) is 0. The molecule has 0 aliphatic heterocycles. The Hall–Kier alpha value is -3.55. The molecule has 174 valence electrons. The van der Waals surface area contributed by atoms with E-state index in [1.54, 1.807) is 18.2 Å². The van der Waals surface area contributed by atoms with Gasteiger partial charge in [-0.3, -0.25) is 0 Å². The van der Waals surface area contributed by atoms with Crippen LogP contribution in [0.1, 0.15) is 18.9 Å². The van der Waals surface area contributed by atoms with Gasteiger partial charge in [0, 0.05) is 23.4 Å². The van der Waals surface area contributed by atoms with Crippen molar-refractivity contribution in [2.75, 3.05) is 13.2 Å². The maximum atomic E-state index is 12.9. The molecule has 3 aromatic rings. The maximum Gasteiger partial charge on any atom is 0.389 e. The quantitative estimate of drug-likeness (QED) is 0.233. The predicted molar refractivity (Wildman–Crippen MR) is 118 cm³/mol. The Labute approximate surface area is 188 Å². The van der Waals surface area contributed by atoms with Gasteiger partial charge in [0.25, 0.3) is 0 Å². The predicted octanol–water partition coefficient (Wildman–Crippen LogP) is 5.70. The molecule has 5 nitrogen and oxygen atoms in total. The molecule has 1 atom stereocenters. The molecule has 0 radical (unpaired) electrons. The van der Waals surface area contributed by atoms with Crippen LogP contribution in [0.25, 0.3) is 22.1 Å². The van der Waals surface area contributed by atoms with Crippen LogP contribution in [0.5, 0.6) is 5.75 Å². The topological polar surface area (TPSA) is 65.7 Å². The molecule has 33 heavy (non-hydrogen) atoms. The van der Waals surface area contributed by atoms with Crippen molar-refractivity contribution in [2.24, 2.45) is 5.92 Å². The molecule has 2 aromatic carbocycles. The number of carbonyl (C=O) groups is 1. The lowest BCUT2D eigenvalue weighted by atomic mass is 9.98. The largest absolute Gasteiger partial charge is 0.493 e. The van der Waals surface area contributed by atoms with E-state index in [2.05, 4.69) is 6.58 Å². The van der Waals surface area contributed by atoms with Crippen LogP contribution >= 0.6 is 0 Å². The van der Waals surface area contributed by atoms with E-state index in [1.807, 2.05) is 31.2 Å². The molecule has 0 saturated heterocycles. The van der Waals surface area contributed by atoms with E-state index in [9.17, 15) is 22.8 Å². The molecular weight excluding hydrogens is 437 g/mol. The number of carbonyl (C=O) groups excluding carboxylic acids is 1. The van der Waals surface area contributed by atoms with Gasteiger partial charge in [0.1, 0.15) is 11.3 Å². The Morgan fingerprint density at radius 1 is 1.12 bits per heavy atom. The summed E-state index contributed by atoms with van der Waals surface area (Å²) < 4.78 is 54.3. The number of benzene rings is 2. The maximum absolute atomic E-state index is 12.9. The smallest absolute Gasteiger partial charge is 0.389 e. The number of esters is 1. The number of halogens is 3. The lowest BCUT2D eigenvalue weighted by molar-refractivity contribution is -0.157. The van der Waals surface area contributed by atoms with Gasteiger partial charge in [-0.05, 0) is 35.7 Å². The summed E-state index contributed by atoms with van der Waals surface area (Å²) in [4.78, 5) is 23.8. The highest BCUT2D eigenvalue weighted by atomic mass is 19.4. The van der Waals surface area contributed by atoms with Gasteiger partial charge >= 0.3 is 17.8 Å². The molecule has 1 unspecified atom stereocenters. The van der Waals surface area contributed by atoms with Gasteiger partial charge in [0.05, 0.1) is 25.2 Å². The fourth-order valence-corrected chi connectivity index (χ4v) is 3.43. The molecule has 0 aliphatic rings. The molecule has 0 spiro atoms. The minimum atomic E-state index is -4.45. The standard InChI is InChI=1S/C25H23F3O5/c1-3-17-7-5-6-8-20(17)21-11-18-9-10-19(12-22(18)33-24(21)30)31-14-16(13-25(26,27)28)15-32-23(29)4-2/h4-12,16H,2-3,13-15H2,1H3. The SMILES string of the molecule is C=CC(=O)OCC(COc1ccc2cc(-c3ccccc3CC)c(=O)oc2c1)CC(F)(F)F. The summed E-state index contributed by atoms with van der Waals surface area (Å²) in [5.41, 5.74) is 1.97. The molecule has 1 heterocycles. The molecule has 1 aromatic heterocycles. The average molecular weight is 460 g/mol. The third-order valence-electron chi connectivity index (χ3n) is 5.03. The number of alkyl halides is 3. The van der Waals surface area contributed by atoms with Crippen molar-refractivity contribution in [1.29, 1.82) is 0 Å². The number of aryl methyl sites for hydroxylation is 1. The lowest BCUT2D eigenvalue weighted by Gasteiger charge is -2.19. The van der Waals surface area contributed by atoms with Crippen molar-refractivity contribution in [3.8, 4) is 16.9 Å². The molecule has 8 heteroatoms. The van der Waals surface area contributed by atoms with Gasteiger partial charge in [-0.2, -0.15) is 13.2 Å². The number of fused-ring (bicyclic) bond motifs is 1. The average Bonchev–Trinajstić information content (AvgIpc) is 2.79. The van der Waals surface area contributed by atoms with Gasteiger partial charge in [-0.15, -0.1) is 0 Å². The Balaban J connectivity index is 1.80. The third-order valence-corrected chi connectivity index (χ3v) is 5.03. The summed E-state index contributed by atoms with van der Waals surface area (Å²) >= 11 is 0. The minimum Gasteiger partial charge on any atom is -0.493 e. The van der Waals surface area contributed by atoms with Gasteiger partial charge in [0.2, 0.25) is 0 Å². The highest BCUT2D eigenvalue weighted by Crippen LogP contribution is 2.28. The zero-order chi connectivity index (χ0) is 24.0. The fourth-order valence-electron chi connectivity index (χ4n) is 3.43. The molecule has 0 N–H and O–H groups in total. The van der Waals surface area contributed by atoms with E-state index in [0.717, 1.165) is 23.6 Å². The van der Waals surface area contributed by atoms with Crippen LogP contribution in [-0.2, 0) is 16.0 Å². The highest BCUT2D eigenvalue weighted by Gasteiger charge is 2.33. The van der Waals surface area contributed by atoms with E-state index in [4.69, 9.17) is 13.9 Å². The van der Waals surface area contributed by atoms with Crippen LogP contribution < -0.4 is 10.4 Å². The van der Waals surface area contributed by atoms with E-state index >= 15 is 0 Å². The van der Waals surface area contributed by atoms with Crippen molar-refractivity contribution in [1.82, 2.24) is 0 Å². The van der Waals surface area contributed by atoms with E-state index < -0.39 is 36.7 Å². The van der Waals surface area contributed by atoms with Crippen molar-refractivity contribution in [3.05, 3.63) is 77.2 Å². The molecule has 0 amide bonds. The highest BCUT2D eigenvalue weighted by molar-refractivity contribution is 5.83. The fraction of sp³-hybridized carbons (Fsp3) is 0.280. The van der Waals surface area contributed by atoms with Gasteiger partial charge in [-0.25, -0.2) is 9.59 Å². The second-order valence-corrected chi connectivity index (χ2v) is 7.49. The van der Waals surface area contributed by atoms with E-state index in [0.29, 0.717) is 10.9 Å². The molecule has 0 saturated carbocycles. The van der Waals surface area contributed by atoms with Crippen molar-refractivity contribution in [3.63, 3.8) is 0 Å². The first-order chi connectivity index (χ1) is 15.7. The first-order valence-electron chi connectivity index (χ1n) is 10.3. The van der Waals surface area contributed by atoms with Crippen LogP contribution in [0, 0.1) is 5.92 Å². The number of ether oxygens (including phenoxy) is 2. The normalized spacial score (nSPS) is 12.4. The molecular formula is C25H23F3O5. The second kappa shape index (κ2) is 10.4. The summed E-state index contributed by atoms with van der Waals surface area (Å²) in [5.74, 6) is -1.69. The Kier molecular flexibility index (Phi) is 7.58. The van der Waals surface area contributed by atoms with Gasteiger partial charge in [-0.1, -0.05) is 37.8 Å². The van der Waals surface area contributed by atoms with Crippen LogP contribution in [0.3, 0.4) is 0 Å². The molecule has 0 fully saturated rings. The molecule has 0 bridgehead atoms. The Bertz CT molecular complexity index is 1200. The summed E-state index contributed by atoms with van der Waals surface area (Å²) in [6, 6.07) is 14.0. The Morgan fingerprint density at radius 3 is 2.58 bits per heavy atom. The van der Waals surface area contributed by atoms with E-state index in [1.165, 1.54) is 6.07 Å². The monoisotopic (exact) mass is 460 g/mol. The van der Waals surface area contributed by atoms with Crippen LogP contribution in [-0.4, -0.2) is 25.4 Å². The van der Waals surface area contributed by atoms with Crippen LogP contribution in [0.4, 0.5) is 13.2 Å². The zero-order valence-corrected chi connectivity index (χ0v) is 18.0. The van der Waals surface area contributed by atoms with Crippen molar-refractivity contribution < 1.29 is 31.9 Å².